The number of rotatable bonds is 4. The van der Waals surface area contributed by atoms with Crippen LogP contribution in [-0.4, -0.2) is 37.5 Å². The third-order valence-electron chi connectivity index (χ3n) is 3.64. The van der Waals surface area contributed by atoms with Crippen molar-refractivity contribution in [3.05, 3.63) is 35.6 Å². The van der Waals surface area contributed by atoms with Crippen molar-refractivity contribution < 1.29 is 17.6 Å². The topological polar surface area (TPSA) is 66.5 Å². The van der Waals surface area contributed by atoms with Crippen LogP contribution in [0.1, 0.15) is 31.4 Å². The van der Waals surface area contributed by atoms with Crippen LogP contribution in [0.4, 0.5) is 4.39 Å². The SMILES string of the molecule is CC(NC(=O)C1CCCN1S(C)(=O)=O)c1cccc(F)c1. The van der Waals surface area contributed by atoms with Crippen LogP contribution >= 0.6 is 0 Å². The van der Waals surface area contributed by atoms with E-state index < -0.39 is 16.1 Å². The Bertz CT molecular complexity index is 633. The van der Waals surface area contributed by atoms with Crippen LogP contribution in [0.25, 0.3) is 0 Å². The average Bonchev–Trinajstić information content (AvgIpc) is 2.87. The molecule has 0 bridgehead atoms. The van der Waals surface area contributed by atoms with Crippen molar-refractivity contribution in [3.63, 3.8) is 0 Å². The van der Waals surface area contributed by atoms with Crippen LogP contribution < -0.4 is 5.32 Å². The molecular formula is C14H19FN2O3S. The highest BCUT2D eigenvalue weighted by molar-refractivity contribution is 7.88. The summed E-state index contributed by atoms with van der Waals surface area (Å²) in [6.07, 6.45) is 2.28. The van der Waals surface area contributed by atoms with E-state index in [-0.39, 0.29) is 17.8 Å². The van der Waals surface area contributed by atoms with E-state index in [9.17, 15) is 17.6 Å². The normalized spacial score (nSPS) is 21.2. The summed E-state index contributed by atoms with van der Waals surface area (Å²) in [7, 11) is -3.39. The molecule has 116 valence electrons. The molecule has 1 saturated heterocycles. The molecule has 1 aliphatic heterocycles. The molecule has 1 aromatic carbocycles. The number of halogens is 1. The summed E-state index contributed by atoms with van der Waals surface area (Å²) in [5.41, 5.74) is 0.646. The maximum atomic E-state index is 13.2. The standard InChI is InChI=1S/C14H19FN2O3S/c1-10(11-5-3-6-12(15)9-11)16-14(18)13-7-4-8-17(13)21(2,19)20/h3,5-6,9-10,13H,4,7-8H2,1-2H3,(H,16,18). The highest BCUT2D eigenvalue weighted by atomic mass is 32.2. The number of benzene rings is 1. The van der Waals surface area contributed by atoms with Gasteiger partial charge in [-0.1, -0.05) is 12.1 Å². The van der Waals surface area contributed by atoms with Crippen LogP contribution in [-0.2, 0) is 14.8 Å². The first-order valence-electron chi connectivity index (χ1n) is 6.81. The van der Waals surface area contributed by atoms with Crippen LogP contribution in [0.3, 0.4) is 0 Å². The van der Waals surface area contributed by atoms with E-state index in [4.69, 9.17) is 0 Å². The Morgan fingerprint density at radius 1 is 1.48 bits per heavy atom. The van der Waals surface area contributed by atoms with Crippen LogP contribution in [0.5, 0.6) is 0 Å². The molecule has 0 radical (unpaired) electrons. The second kappa shape index (κ2) is 6.11. The zero-order valence-electron chi connectivity index (χ0n) is 12.0. The third kappa shape index (κ3) is 3.79. The summed E-state index contributed by atoms with van der Waals surface area (Å²) in [5, 5.41) is 2.76. The van der Waals surface area contributed by atoms with E-state index in [2.05, 4.69) is 5.32 Å². The fraction of sp³-hybridized carbons (Fsp3) is 0.500. The van der Waals surface area contributed by atoms with Gasteiger partial charge in [0.05, 0.1) is 12.3 Å². The summed E-state index contributed by atoms with van der Waals surface area (Å²) in [6.45, 7) is 2.11. The Morgan fingerprint density at radius 2 is 2.19 bits per heavy atom. The fourth-order valence-corrected chi connectivity index (χ4v) is 3.69. The van der Waals surface area contributed by atoms with Crippen LogP contribution in [0.15, 0.2) is 24.3 Å². The number of sulfonamides is 1. The highest BCUT2D eigenvalue weighted by Gasteiger charge is 2.36. The molecule has 7 heteroatoms. The molecule has 1 amide bonds. The minimum atomic E-state index is -3.39. The minimum absolute atomic E-state index is 0.338. The molecule has 0 aliphatic carbocycles. The second-order valence-corrected chi connectivity index (χ2v) is 7.25. The maximum absolute atomic E-state index is 13.2. The molecule has 21 heavy (non-hydrogen) atoms. The zero-order valence-corrected chi connectivity index (χ0v) is 12.9. The average molecular weight is 314 g/mol. The van der Waals surface area contributed by atoms with Gasteiger partial charge in [-0.15, -0.1) is 0 Å². The monoisotopic (exact) mass is 314 g/mol. The fourth-order valence-electron chi connectivity index (χ4n) is 2.57. The van der Waals surface area contributed by atoms with Gasteiger partial charge in [-0.05, 0) is 37.5 Å². The van der Waals surface area contributed by atoms with Gasteiger partial charge in [-0.3, -0.25) is 4.79 Å². The predicted octanol–water partition coefficient (Wildman–Crippen LogP) is 1.43. The number of nitrogens with zero attached hydrogens (tertiary/aromatic N) is 1. The van der Waals surface area contributed by atoms with Crippen molar-refractivity contribution in [3.8, 4) is 0 Å². The van der Waals surface area contributed by atoms with Gasteiger partial charge in [0.15, 0.2) is 0 Å². The molecule has 1 N–H and O–H groups in total. The molecule has 1 fully saturated rings. The highest BCUT2D eigenvalue weighted by Crippen LogP contribution is 2.22. The van der Waals surface area contributed by atoms with Gasteiger partial charge in [-0.2, -0.15) is 4.31 Å². The molecule has 1 heterocycles. The van der Waals surface area contributed by atoms with Crippen molar-refractivity contribution in [2.45, 2.75) is 31.8 Å². The van der Waals surface area contributed by atoms with Gasteiger partial charge in [0.25, 0.3) is 0 Å². The van der Waals surface area contributed by atoms with Gasteiger partial charge in [0.2, 0.25) is 15.9 Å². The lowest BCUT2D eigenvalue weighted by Crippen LogP contribution is -2.46. The first-order valence-corrected chi connectivity index (χ1v) is 8.66. The molecule has 2 unspecified atom stereocenters. The minimum Gasteiger partial charge on any atom is -0.348 e. The Balaban J connectivity index is 2.07. The van der Waals surface area contributed by atoms with E-state index in [1.165, 1.54) is 16.4 Å². The van der Waals surface area contributed by atoms with Crippen molar-refractivity contribution in [2.75, 3.05) is 12.8 Å². The number of amides is 1. The van der Waals surface area contributed by atoms with E-state index in [1.807, 2.05) is 0 Å². The molecule has 1 aromatic rings. The van der Waals surface area contributed by atoms with Gasteiger partial charge >= 0.3 is 0 Å². The van der Waals surface area contributed by atoms with Crippen molar-refractivity contribution in [2.24, 2.45) is 0 Å². The summed E-state index contributed by atoms with van der Waals surface area (Å²) in [6, 6.07) is 4.93. The number of carbonyl (C=O) groups is 1. The van der Waals surface area contributed by atoms with Crippen molar-refractivity contribution >= 4 is 15.9 Å². The quantitative estimate of drug-likeness (QED) is 0.914. The second-order valence-electron chi connectivity index (χ2n) is 5.32. The summed E-state index contributed by atoms with van der Waals surface area (Å²) < 4.78 is 37.7. The molecule has 0 spiro atoms. The predicted molar refractivity (Wildman–Crippen MR) is 77.5 cm³/mol. The van der Waals surface area contributed by atoms with Crippen molar-refractivity contribution in [1.82, 2.24) is 9.62 Å². The Morgan fingerprint density at radius 3 is 2.81 bits per heavy atom. The van der Waals surface area contributed by atoms with E-state index >= 15 is 0 Å². The molecular weight excluding hydrogens is 295 g/mol. The zero-order chi connectivity index (χ0) is 15.6. The molecule has 1 aliphatic rings. The Hall–Kier alpha value is -1.47. The van der Waals surface area contributed by atoms with Gasteiger partial charge < -0.3 is 5.32 Å². The van der Waals surface area contributed by atoms with Crippen LogP contribution in [0.2, 0.25) is 0 Å². The molecule has 2 atom stereocenters. The molecule has 0 saturated carbocycles. The van der Waals surface area contributed by atoms with Gasteiger partial charge in [-0.25, -0.2) is 12.8 Å². The number of hydrogen-bond donors (Lipinski definition) is 1. The largest absolute Gasteiger partial charge is 0.348 e. The lowest BCUT2D eigenvalue weighted by molar-refractivity contribution is -0.124. The number of carbonyl (C=O) groups excluding carboxylic acids is 1. The van der Waals surface area contributed by atoms with Gasteiger partial charge in [0, 0.05) is 6.54 Å². The summed E-state index contributed by atoms with van der Waals surface area (Å²) in [4.78, 5) is 12.3. The maximum Gasteiger partial charge on any atom is 0.238 e. The smallest absolute Gasteiger partial charge is 0.238 e. The van der Waals surface area contributed by atoms with E-state index in [1.54, 1.807) is 19.1 Å². The summed E-state index contributed by atoms with van der Waals surface area (Å²) >= 11 is 0. The van der Waals surface area contributed by atoms with Gasteiger partial charge in [0.1, 0.15) is 11.9 Å². The Kier molecular flexibility index (Phi) is 4.63. The Labute approximate surface area is 124 Å². The first-order chi connectivity index (χ1) is 9.79. The van der Waals surface area contributed by atoms with E-state index in [0.717, 1.165) is 6.26 Å². The lowest BCUT2D eigenvalue weighted by Gasteiger charge is -2.23. The number of hydrogen-bond acceptors (Lipinski definition) is 3. The molecule has 5 nitrogen and oxygen atoms in total. The lowest BCUT2D eigenvalue weighted by atomic mass is 10.1. The van der Waals surface area contributed by atoms with Crippen molar-refractivity contribution in [1.29, 1.82) is 0 Å². The molecule has 0 aromatic heterocycles. The van der Waals surface area contributed by atoms with Crippen LogP contribution in [0, 0.1) is 5.82 Å². The molecule has 2 rings (SSSR count). The van der Waals surface area contributed by atoms with E-state index in [0.29, 0.717) is 24.9 Å². The number of nitrogens with one attached hydrogen (secondary N) is 1. The first kappa shape index (κ1) is 15.9. The third-order valence-corrected chi connectivity index (χ3v) is 4.93. The summed E-state index contributed by atoms with van der Waals surface area (Å²) in [5.74, 6) is -0.707.